The quantitative estimate of drug-likeness (QED) is 0.725. The van der Waals surface area contributed by atoms with Gasteiger partial charge in [0.25, 0.3) is 0 Å². The molecule has 0 aromatic rings. The van der Waals surface area contributed by atoms with E-state index in [0.29, 0.717) is 11.5 Å². The highest BCUT2D eigenvalue weighted by Gasteiger charge is 2.63. The first-order chi connectivity index (χ1) is 10.0. The van der Waals surface area contributed by atoms with Gasteiger partial charge in [-0.2, -0.15) is 0 Å². The number of nitrogens with zero attached hydrogens (tertiary/aromatic N) is 1. The van der Waals surface area contributed by atoms with Gasteiger partial charge in [-0.25, -0.2) is 0 Å². The van der Waals surface area contributed by atoms with E-state index in [-0.39, 0.29) is 23.4 Å². The average Bonchev–Trinajstić information content (AvgIpc) is 3.04. The molecule has 3 rings (SSSR count). The molecule has 1 spiro atoms. The SMILES string of the molecule is C=C1CCN2C[C@H](OC(C)(C)C)[C@@H](OC(C)(C)C)[C@@H]2C12CC2. The third-order valence-corrected chi connectivity index (χ3v) is 5.24. The first-order valence-electron chi connectivity index (χ1n) is 8.80. The lowest BCUT2D eigenvalue weighted by Gasteiger charge is -2.43. The summed E-state index contributed by atoms with van der Waals surface area (Å²) < 4.78 is 13.0. The molecular weight excluding hydrogens is 274 g/mol. The molecule has 1 saturated carbocycles. The van der Waals surface area contributed by atoms with Gasteiger partial charge in [-0.15, -0.1) is 0 Å². The zero-order chi connectivity index (χ0) is 16.3. The van der Waals surface area contributed by atoms with Crippen LogP contribution in [0.15, 0.2) is 12.2 Å². The molecule has 2 heterocycles. The van der Waals surface area contributed by atoms with Gasteiger partial charge in [0.2, 0.25) is 0 Å². The van der Waals surface area contributed by atoms with Crippen LogP contribution in [0.25, 0.3) is 0 Å². The largest absolute Gasteiger partial charge is 0.369 e. The van der Waals surface area contributed by atoms with Crippen LogP contribution in [-0.4, -0.2) is 47.4 Å². The van der Waals surface area contributed by atoms with E-state index in [0.717, 1.165) is 19.5 Å². The Hall–Kier alpha value is -0.380. The lowest BCUT2D eigenvalue weighted by Crippen LogP contribution is -2.51. The van der Waals surface area contributed by atoms with Crippen molar-refractivity contribution in [3.05, 3.63) is 12.2 Å². The highest BCUT2D eigenvalue weighted by molar-refractivity contribution is 5.29. The van der Waals surface area contributed by atoms with E-state index in [4.69, 9.17) is 9.47 Å². The highest BCUT2D eigenvalue weighted by Crippen LogP contribution is 2.61. The van der Waals surface area contributed by atoms with Crippen LogP contribution in [-0.2, 0) is 9.47 Å². The second kappa shape index (κ2) is 5.06. The Balaban J connectivity index is 1.88. The van der Waals surface area contributed by atoms with E-state index < -0.39 is 0 Å². The van der Waals surface area contributed by atoms with Crippen molar-refractivity contribution in [1.29, 1.82) is 0 Å². The first-order valence-corrected chi connectivity index (χ1v) is 8.80. The number of piperidine rings is 1. The van der Waals surface area contributed by atoms with Crippen molar-refractivity contribution in [2.75, 3.05) is 13.1 Å². The molecular formula is C19H33NO2. The predicted octanol–water partition coefficient (Wildman–Crippen LogP) is 3.78. The number of fused-ring (bicyclic) bond motifs is 2. The van der Waals surface area contributed by atoms with E-state index in [1.807, 2.05) is 0 Å². The van der Waals surface area contributed by atoms with Crippen molar-refractivity contribution >= 4 is 0 Å². The predicted molar refractivity (Wildman–Crippen MR) is 90.0 cm³/mol. The zero-order valence-electron chi connectivity index (χ0n) is 15.2. The van der Waals surface area contributed by atoms with Crippen LogP contribution in [0.4, 0.5) is 0 Å². The normalized spacial score (nSPS) is 35.0. The van der Waals surface area contributed by atoms with Crippen LogP contribution < -0.4 is 0 Å². The molecule has 0 radical (unpaired) electrons. The summed E-state index contributed by atoms with van der Waals surface area (Å²) in [6, 6.07) is 0.459. The smallest absolute Gasteiger partial charge is 0.102 e. The Morgan fingerprint density at radius 1 is 1.05 bits per heavy atom. The molecule has 0 amide bonds. The second-order valence-electron chi connectivity index (χ2n) is 9.41. The van der Waals surface area contributed by atoms with E-state index in [9.17, 15) is 0 Å². The van der Waals surface area contributed by atoms with Crippen molar-refractivity contribution in [2.24, 2.45) is 5.41 Å². The van der Waals surface area contributed by atoms with Gasteiger partial charge >= 0.3 is 0 Å². The molecule has 3 heteroatoms. The molecule has 126 valence electrons. The van der Waals surface area contributed by atoms with Crippen molar-refractivity contribution in [3.8, 4) is 0 Å². The average molecular weight is 307 g/mol. The first kappa shape index (κ1) is 16.5. The van der Waals surface area contributed by atoms with Gasteiger partial charge in [0.1, 0.15) is 6.10 Å². The maximum absolute atomic E-state index is 6.54. The molecule has 0 N–H and O–H groups in total. The third kappa shape index (κ3) is 3.00. The third-order valence-electron chi connectivity index (χ3n) is 5.24. The fourth-order valence-electron chi connectivity index (χ4n) is 4.38. The summed E-state index contributed by atoms with van der Waals surface area (Å²) in [5.41, 5.74) is 1.48. The summed E-state index contributed by atoms with van der Waals surface area (Å²) in [6.07, 6.45) is 4.01. The maximum atomic E-state index is 6.54. The Kier molecular flexibility index (Phi) is 3.79. The Morgan fingerprint density at radius 3 is 2.14 bits per heavy atom. The summed E-state index contributed by atoms with van der Waals surface area (Å²) in [5.74, 6) is 0. The number of hydrogen-bond acceptors (Lipinski definition) is 3. The molecule has 22 heavy (non-hydrogen) atoms. The minimum Gasteiger partial charge on any atom is -0.369 e. The minimum atomic E-state index is -0.144. The minimum absolute atomic E-state index is 0.132. The van der Waals surface area contributed by atoms with Gasteiger partial charge < -0.3 is 9.47 Å². The summed E-state index contributed by atoms with van der Waals surface area (Å²) >= 11 is 0. The fraction of sp³-hybridized carbons (Fsp3) is 0.895. The van der Waals surface area contributed by atoms with E-state index in [2.05, 4.69) is 53.0 Å². The zero-order valence-corrected chi connectivity index (χ0v) is 15.2. The molecule has 0 aromatic carbocycles. The van der Waals surface area contributed by atoms with Gasteiger partial charge in [0, 0.05) is 24.5 Å². The monoisotopic (exact) mass is 307 g/mol. The van der Waals surface area contributed by atoms with Crippen LogP contribution in [0, 0.1) is 5.41 Å². The Morgan fingerprint density at radius 2 is 1.64 bits per heavy atom. The Labute approximate surface area is 136 Å². The van der Waals surface area contributed by atoms with Crippen molar-refractivity contribution in [2.45, 2.75) is 90.3 Å². The van der Waals surface area contributed by atoms with Crippen LogP contribution >= 0.6 is 0 Å². The van der Waals surface area contributed by atoms with Crippen molar-refractivity contribution < 1.29 is 9.47 Å². The van der Waals surface area contributed by atoms with Gasteiger partial charge in [0.05, 0.1) is 17.3 Å². The number of ether oxygens (including phenoxy) is 2. The van der Waals surface area contributed by atoms with Crippen LogP contribution in [0.1, 0.15) is 60.8 Å². The lowest BCUT2D eigenvalue weighted by molar-refractivity contribution is -0.155. The molecule has 0 unspecified atom stereocenters. The van der Waals surface area contributed by atoms with E-state index in [1.54, 1.807) is 0 Å². The van der Waals surface area contributed by atoms with Crippen LogP contribution in [0.5, 0.6) is 0 Å². The second-order valence-corrected chi connectivity index (χ2v) is 9.41. The highest BCUT2D eigenvalue weighted by atomic mass is 16.6. The molecule has 3 atom stereocenters. The summed E-state index contributed by atoms with van der Waals surface area (Å²) in [7, 11) is 0. The Bertz CT molecular complexity index is 453. The standard InChI is InChI=1S/C19H33NO2/c1-13-8-11-20-12-14(21-17(2,3)4)15(22-18(5,6)7)16(20)19(13)9-10-19/h14-16H,1,8-12H2,2-7H3/t14-,15+,16+/m0/s1. The number of rotatable bonds is 2. The number of hydrogen-bond donors (Lipinski definition) is 0. The molecule has 3 fully saturated rings. The molecule has 2 aliphatic heterocycles. The van der Waals surface area contributed by atoms with Crippen LogP contribution in [0.2, 0.25) is 0 Å². The molecule has 2 saturated heterocycles. The topological polar surface area (TPSA) is 21.7 Å². The summed E-state index contributed by atoms with van der Waals surface area (Å²) in [5, 5.41) is 0. The van der Waals surface area contributed by atoms with Crippen molar-refractivity contribution in [3.63, 3.8) is 0 Å². The van der Waals surface area contributed by atoms with E-state index >= 15 is 0 Å². The molecule has 1 aliphatic carbocycles. The molecule has 3 nitrogen and oxygen atoms in total. The summed E-state index contributed by atoms with van der Waals surface area (Å²) in [6.45, 7) is 19.4. The molecule has 0 bridgehead atoms. The molecule has 3 aliphatic rings. The van der Waals surface area contributed by atoms with Gasteiger partial charge in [-0.3, -0.25) is 4.90 Å². The van der Waals surface area contributed by atoms with Gasteiger partial charge in [-0.05, 0) is 60.8 Å². The fourth-order valence-corrected chi connectivity index (χ4v) is 4.38. The van der Waals surface area contributed by atoms with Gasteiger partial charge in [0.15, 0.2) is 0 Å². The van der Waals surface area contributed by atoms with Crippen molar-refractivity contribution in [1.82, 2.24) is 4.90 Å². The molecule has 0 aromatic heterocycles. The van der Waals surface area contributed by atoms with Gasteiger partial charge in [-0.1, -0.05) is 12.2 Å². The lowest BCUT2D eigenvalue weighted by atomic mass is 9.80. The van der Waals surface area contributed by atoms with Crippen LogP contribution in [0.3, 0.4) is 0 Å². The van der Waals surface area contributed by atoms with E-state index in [1.165, 1.54) is 18.4 Å². The summed E-state index contributed by atoms with van der Waals surface area (Å²) in [4.78, 5) is 2.62. The maximum Gasteiger partial charge on any atom is 0.102 e.